The van der Waals surface area contributed by atoms with Crippen LogP contribution in [-0.4, -0.2) is 39.2 Å². The molecule has 5 rings (SSSR count). The van der Waals surface area contributed by atoms with Crippen LogP contribution < -0.4 is 0 Å². The zero-order chi connectivity index (χ0) is 25.2. The number of carboxylic acid groups (broad SMARTS) is 1. The molecule has 6 nitrogen and oxygen atoms in total. The molecule has 1 fully saturated rings. The molecule has 36 heavy (non-hydrogen) atoms. The third-order valence-corrected chi connectivity index (χ3v) is 7.16. The van der Waals surface area contributed by atoms with Crippen LogP contribution in [0, 0.1) is 19.8 Å². The minimum absolute atomic E-state index is 0.125. The van der Waals surface area contributed by atoms with Gasteiger partial charge in [0.25, 0.3) is 0 Å². The van der Waals surface area contributed by atoms with Crippen molar-refractivity contribution in [3.63, 3.8) is 0 Å². The molecule has 184 valence electrons. The second-order valence-electron chi connectivity index (χ2n) is 9.61. The van der Waals surface area contributed by atoms with Gasteiger partial charge >= 0.3 is 5.97 Å². The van der Waals surface area contributed by atoms with E-state index in [9.17, 15) is 4.79 Å². The van der Waals surface area contributed by atoms with E-state index in [1.165, 1.54) is 16.7 Å². The number of aromatic nitrogens is 2. The Balaban J connectivity index is 1.35. The molecule has 0 amide bonds. The quantitative estimate of drug-likeness (QED) is 0.324. The van der Waals surface area contributed by atoms with Gasteiger partial charge in [-0.2, -0.15) is 4.98 Å². The molecule has 2 heterocycles. The summed E-state index contributed by atoms with van der Waals surface area (Å²) in [6.45, 7) is 6.15. The average molecular weight is 502 g/mol. The predicted octanol–water partition coefficient (Wildman–Crippen LogP) is 5.90. The Bertz CT molecular complexity index is 1380. The maximum atomic E-state index is 11.0. The molecule has 0 aliphatic carbocycles. The van der Waals surface area contributed by atoms with Crippen molar-refractivity contribution in [2.24, 2.45) is 5.92 Å². The highest BCUT2D eigenvalue weighted by atomic mass is 35.5. The highest BCUT2D eigenvalue weighted by Gasteiger charge is 2.32. The number of aryl methyl sites for hydroxylation is 2. The summed E-state index contributed by atoms with van der Waals surface area (Å²) in [5.41, 5.74) is 6.73. The van der Waals surface area contributed by atoms with Crippen molar-refractivity contribution in [3.8, 4) is 11.4 Å². The monoisotopic (exact) mass is 501 g/mol. The van der Waals surface area contributed by atoms with E-state index in [1.807, 2.05) is 48.5 Å². The van der Waals surface area contributed by atoms with Gasteiger partial charge in [-0.25, -0.2) is 0 Å². The first-order valence-electron chi connectivity index (χ1n) is 12.1. The summed E-state index contributed by atoms with van der Waals surface area (Å²) >= 11 is 6.32. The van der Waals surface area contributed by atoms with Crippen molar-refractivity contribution in [1.29, 1.82) is 0 Å². The minimum atomic E-state index is -0.719. The molecule has 0 spiro atoms. The summed E-state index contributed by atoms with van der Waals surface area (Å²) in [4.78, 5) is 17.9. The standard InChI is InChI=1S/C29H28ClN3O3/c1-18-6-7-21(12-19(18)2)13-26(23-4-3-5-25(30)14-23)28-31-27(32-36-28)22-10-8-20(9-11-22)15-33-16-24(17-33)29(34)35/h3-12,14,24,26H,13,15-17H2,1-2H3,(H,34,35). The minimum Gasteiger partial charge on any atom is -0.481 e. The molecule has 1 saturated heterocycles. The summed E-state index contributed by atoms with van der Waals surface area (Å²) in [6, 6.07) is 22.3. The second kappa shape index (κ2) is 10.2. The number of hydrogen-bond donors (Lipinski definition) is 1. The normalized spacial score (nSPS) is 15.0. The van der Waals surface area contributed by atoms with Crippen molar-refractivity contribution in [3.05, 3.63) is 105 Å². The third kappa shape index (κ3) is 5.35. The molecule has 1 atom stereocenters. The zero-order valence-corrected chi connectivity index (χ0v) is 21.1. The largest absolute Gasteiger partial charge is 0.481 e. The van der Waals surface area contributed by atoms with Gasteiger partial charge in [0.05, 0.1) is 11.8 Å². The van der Waals surface area contributed by atoms with Gasteiger partial charge < -0.3 is 9.63 Å². The topological polar surface area (TPSA) is 79.5 Å². The maximum absolute atomic E-state index is 11.0. The van der Waals surface area contributed by atoms with Crippen molar-refractivity contribution >= 4 is 17.6 Å². The second-order valence-corrected chi connectivity index (χ2v) is 10.0. The molecule has 0 radical (unpaired) electrons. The summed E-state index contributed by atoms with van der Waals surface area (Å²) in [6.07, 6.45) is 0.717. The lowest BCUT2D eigenvalue weighted by molar-refractivity contribution is -0.147. The Morgan fingerprint density at radius 2 is 1.81 bits per heavy atom. The van der Waals surface area contributed by atoms with Crippen LogP contribution in [0.1, 0.15) is 39.6 Å². The fraction of sp³-hybridized carbons (Fsp3) is 0.276. The molecule has 1 unspecified atom stereocenters. The van der Waals surface area contributed by atoms with E-state index in [1.54, 1.807) is 0 Å². The lowest BCUT2D eigenvalue weighted by atomic mass is 9.90. The fourth-order valence-electron chi connectivity index (χ4n) is 4.60. The number of halogens is 1. The van der Waals surface area contributed by atoms with Crippen LogP contribution >= 0.6 is 11.6 Å². The van der Waals surface area contributed by atoms with Gasteiger partial charge in [-0.3, -0.25) is 9.69 Å². The Kier molecular flexibility index (Phi) is 6.90. The molecule has 0 saturated carbocycles. The van der Waals surface area contributed by atoms with E-state index in [-0.39, 0.29) is 11.8 Å². The first kappa shape index (κ1) is 24.2. The number of aliphatic carboxylic acids is 1. The number of likely N-dealkylation sites (tertiary alicyclic amines) is 1. The van der Waals surface area contributed by atoms with Crippen LogP contribution in [0.15, 0.2) is 71.3 Å². The molecule has 1 aromatic heterocycles. The number of benzene rings is 3. The van der Waals surface area contributed by atoms with Gasteiger partial charge in [0.2, 0.25) is 11.7 Å². The molecule has 7 heteroatoms. The maximum Gasteiger partial charge on any atom is 0.309 e. The van der Waals surface area contributed by atoms with Crippen LogP contribution in [0.2, 0.25) is 5.02 Å². The van der Waals surface area contributed by atoms with Gasteiger partial charge in [-0.05, 0) is 60.2 Å². The van der Waals surface area contributed by atoms with Gasteiger partial charge in [0.15, 0.2) is 0 Å². The highest BCUT2D eigenvalue weighted by Crippen LogP contribution is 2.31. The SMILES string of the molecule is Cc1ccc(CC(c2cccc(Cl)c2)c2nc(-c3ccc(CN4CC(C(=O)O)C4)cc3)no2)cc1C. The Hall–Kier alpha value is -3.48. The molecular weight excluding hydrogens is 474 g/mol. The smallest absolute Gasteiger partial charge is 0.309 e. The van der Waals surface area contributed by atoms with E-state index >= 15 is 0 Å². The van der Waals surface area contributed by atoms with Crippen LogP contribution in [0.3, 0.4) is 0 Å². The first-order valence-corrected chi connectivity index (χ1v) is 12.4. The third-order valence-electron chi connectivity index (χ3n) is 6.93. The zero-order valence-electron chi connectivity index (χ0n) is 20.3. The lowest BCUT2D eigenvalue weighted by Crippen LogP contribution is -2.49. The number of nitrogens with zero attached hydrogens (tertiary/aromatic N) is 3. The van der Waals surface area contributed by atoms with E-state index in [0.29, 0.717) is 29.8 Å². The Labute approximate surface area is 215 Å². The summed E-state index contributed by atoms with van der Waals surface area (Å²) < 4.78 is 5.79. The van der Waals surface area contributed by atoms with E-state index < -0.39 is 5.97 Å². The van der Waals surface area contributed by atoms with Crippen LogP contribution in [-0.2, 0) is 17.8 Å². The number of rotatable bonds is 8. The van der Waals surface area contributed by atoms with Gasteiger partial charge in [0, 0.05) is 30.2 Å². The molecule has 3 aromatic carbocycles. The molecule has 1 N–H and O–H groups in total. The van der Waals surface area contributed by atoms with Gasteiger partial charge in [-0.15, -0.1) is 0 Å². The number of hydrogen-bond acceptors (Lipinski definition) is 5. The van der Waals surface area contributed by atoms with Crippen LogP contribution in [0.5, 0.6) is 0 Å². The van der Waals surface area contributed by atoms with E-state index in [2.05, 4.69) is 42.1 Å². The van der Waals surface area contributed by atoms with Crippen molar-refractivity contribution in [2.45, 2.75) is 32.7 Å². The molecule has 4 aromatic rings. The van der Waals surface area contributed by atoms with Crippen molar-refractivity contribution in [2.75, 3.05) is 13.1 Å². The van der Waals surface area contributed by atoms with Crippen molar-refractivity contribution < 1.29 is 14.4 Å². The van der Waals surface area contributed by atoms with Crippen LogP contribution in [0.25, 0.3) is 11.4 Å². The summed E-state index contributed by atoms with van der Waals surface area (Å²) in [7, 11) is 0. The molecule has 1 aliphatic heterocycles. The fourth-order valence-corrected chi connectivity index (χ4v) is 4.80. The van der Waals surface area contributed by atoms with Crippen molar-refractivity contribution in [1.82, 2.24) is 15.0 Å². The number of carboxylic acids is 1. The highest BCUT2D eigenvalue weighted by molar-refractivity contribution is 6.30. The molecular formula is C29H28ClN3O3. The summed E-state index contributed by atoms with van der Waals surface area (Å²) in [5, 5.41) is 14.0. The lowest BCUT2D eigenvalue weighted by Gasteiger charge is -2.36. The average Bonchev–Trinajstić information content (AvgIpc) is 3.32. The Morgan fingerprint density at radius 1 is 1.06 bits per heavy atom. The molecule has 0 bridgehead atoms. The van der Waals surface area contributed by atoms with Crippen LogP contribution in [0.4, 0.5) is 0 Å². The van der Waals surface area contributed by atoms with Gasteiger partial charge in [-0.1, -0.05) is 71.4 Å². The van der Waals surface area contributed by atoms with E-state index in [0.717, 1.165) is 29.7 Å². The van der Waals surface area contributed by atoms with E-state index in [4.69, 9.17) is 26.2 Å². The molecule has 1 aliphatic rings. The van der Waals surface area contributed by atoms with Gasteiger partial charge in [0.1, 0.15) is 0 Å². The number of carbonyl (C=O) groups is 1. The Morgan fingerprint density at radius 3 is 2.50 bits per heavy atom. The first-order chi connectivity index (χ1) is 17.4. The summed E-state index contributed by atoms with van der Waals surface area (Å²) in [5.74, 6) is -0.00487. The predicted molar refractivity (Wildman–Crippen MR) is 139 cm³/mol.